The minimum Gasteiger partial charge on any atom is -0.373 e. The van der Waals surface area contributed by atoms with E-state index >= 15 is 0 Å². The van der Waals surface area contributed by atoms with Gasteiger partial charge in [0.2, 0.25) is 5.91 Å². The Kier molecular flexibility index (Phi) is 4.99. The van der Waals surface area contributed by atoms with Gasteiger partial charge >= 0.3 is 0 Å². The number of aryl methyl sites for hydroxylation is 1. The second-order valence-corrected chi connectivity index (χ2v) is 5.79. The van der Waals surface area contributed by atoms with Gasteiger partial charge in [-0.25, -0.2) is 4.39 Å². The Bertz CT molecular complexity index is 447. The first-order valence-corrected chi connectivity index (χ1v) is 7.39. The van der Waals surface area contributed by atoms with E-state index in [9.17, 15) is 9.18 Å². The third-order valence-corrected chi connectivity index (χ3v) is 4.04. The normalized spacial score (nSPS) is 18.3. The molecule has 1 unspecified atom stereocenters. The minimum absolute atomic E-state index is 0.249. The lowest BCUT2D eigenvalue weighted by molar-refractivity contribution is -0.119. The van der Waals surface area contributed by atoms with Crippen LogP contribution in [0.15, 0.2) is 18.2 Å². The average Bonchev–Trinajstić information content (AvgIpc) is 2.63. The van der Waals surface area contributed by atoms with Crippen molar-refractivity contribution < 1.29 is 9.18 Å². The highest BCUT2D eigenvalue weighted by Crippen LogP contribution is 2.27. The summed E-state index contributed by atoms with van der Waals surface area (Å²) in [6.45, 7) is 1.83. The van der Waals surface area contributed by atoms with Crippen LogP contribution in [-0.2, 0) is 4.79 Å². The first kappa shape index (κ1) is 14.8. The van der Waals surface area contributed by atoms with Crippen molar-refractivity contribution in [2.24, 2.45) is 11.7 Å². The molecule has 3 N–H and O–H groups in total. The second-order valence-electron chi connectivity index (χ2n) is 5.79. The Labute approximate surface area is 119 Å². The lowest BCUT2D eigenvalue weighted by atomic mass is 9.91. The molecular weight excluding hydrogens is 255 g/mol. The third-order valence-electron chi connectivity index (χ3n) is 4.04. The van der Waals surface area contributed by atoms with E-state index in [0.717, 1.165) is 31.2 Å². The molecule has 110 valence electrons. The summed E-state index contributed by atoms with van der Waals surface area (Å²) in [6, 6.07) is 4.32. The molecule has 0 spiro atoms. The summed E-state index contributed by atoms with van der Waals surface area (Å²) in [4.78, 5) is 11.8. The summed E-state index contributed by atoms with van der Waals surface area (Å²) in [6.07, 6.45) is 6.74. The number of hydrogen-bond donors (Lipinski definition) is 2. The van der Waals surface area contributed by atoms with E-state index in [-0.39, 0.29) is 17.6 Å². The van der Waals surface area contributed by atoms with Gasteiger partial charge in [-0.15, -0.1) is 0 Å². The summed E-state index contributed by atoms with van der Waals surface area (Å²) in [5.74, 6) is -0.394. The monoisotopic (exact) mass is 278 g/mol. The number of primary amides is 1. The molecule has 1 fully saturated rings. The van der Waals surface area contributed by atoms with Crippen molar-refractivity contribution in [3.05, 3.63) is 29.6 Å². The predicted molar refractivity (Wildman–Crippen MR) is 78.9 cm³/mol. The van der Waals surface area contributed by atoms with Crippen LogP contribution in [0.5, 0.6) is 0 Å². The van der Waals surface area contributed by atoms with Gasteiger partial charge in [-0.05, 0) is 49.4 Å². The lowest BCUT2D eigenvalue weighted by Gasteiger charge is -2.25. The summed E-state index contributed by atoms with van der Waals surface area (Å²) in [7, 11) is 0. The molecule has 0 heterocycles. The van der Waals surface area contributed by atoms with Crippen molar-refractivity contribution in [2.45, 2.75) is 51.5 Å². The maximum absolute atomic E-state index is 13.4. The fraction of sp³-hybridized carbons (Fsp3) is 0.562. The van der Waals surface area contributed by atoms with Crippen molar-refractivity contribution in [1.82, 2.24) is 0 Å². The van der Waals surface area contributed by atoms with Gasteiger partial charge < -0.3 is 11.1 Å². The number of carbonyl (C=O) groups is 1. The third kappa shape index (κ3) is 3.95. The van der Waals surface area contributed by atoms with Crippen LogP contribution in [0, 0.1) is 18.7 Å². The van der Waals surface area contributed by atoms with Gasteiger partial charge in [0.25, 0.3) is 0 Å². The maximum atomic E-state index is 13.4. The Hall–Kier alpha value is -1.58. The molecule has 0 aliphatic heterocycles. The summed E-state index contributed by atoms with van der Waals surface area (Å²) >= 11 is 0. The summed E-state index contributed by atoms with van der Waals surface area (Å²) < 4.78 is 13.4. The van der Waals surface area contributed by atoms with Crippen LogP contribution in [-0.4, -0.2) is 11.9 Å². The first-order valence-electron chi connectivity index (χ1n) is 7.39. The number of nitrogens with one attached hydrogen (secondary N) is 1. The number of carbonyl (C=O) groups excluding carboxylic acids is 1. The van der Waals surface area contributed by atoms with Crippen molar-refractivity contribution in [1.29, 1.82) is 0 Å². The standard InChI is InChI=1S/C16H23FN2O/c1-11-8-13(17)10-14(9-11)19-15(16(18)20)12-6-4-2-3-5-7-12/h8-10,12,15,19H,2-7H2,1H3,(H2,18,20). The Morgan fingerprint density at radius 3 is 2.45 bits per heavy atom. The van der Waals surface area contributed by atoms with Crippen LogP contribution in [0.2, 0.25) is 0 Å². The smallest absolute Gasteiger partial charge is 0.240 e. The number of amides is 1. The van der Waals surface area contributed by atoms with E-state index < -0.39 is 6.04 Å². The SMILES string of the molecule is Cc1cc(F)cc(NC(C(N)=O)C2CCCCCC2)c1. The van der Waals surface area contributed by atoms with Crippen molar-refractivity contribution in [2.75, 3.05) is 5.32 Å². The molecule has 0 radical (unpaired) electrons. The van der Waals surface area contributed by atoms with E-state index in [1.165, 1.54) is 25.0 Å². The van der Waals surface area contributed by atoms with Gasteiger partial charge in [-0.1, -0.05) is 25.7 Å². The number of halogens is 1. The van der Waals surface area contributed by atoms with Crippen LogP contribution in [0.1, 0.15) is 44.1 Å². The second kappa shape index (κ2) is 6.73. The van der Waals surface area contributed by atoms with Crippen molar-refractivity contribution in [3.63, 3.8) is 0 Å². The van der Waals surface area contributed by atoms with E-state index in [2.05, 4.69) is 5.32 Å². The number of anilines is 1. The topological polar surface area (TPSA) is 55.1 Å². The number of benzene rings is 1. The Morgan fingerprint density at radius 1 is 1.25 bits per heavy atom. The number of nitrogens with two attached hydrogens (primary N) is 1. The quantitative estimate of drug-likeness (QED) is 0.830. The van der Waals surface area contributed by atoms with Crippen LogP contribution in [0.4, 0.5) is 10.1 Å². The zero-order valence-corrected chi connectivity index (χ0v) is 12.0. The molecule has 3 nitrogen and oxygen atoms in total. The molecule has 1 aromatic rings. The van der Waals surface area contributed by atoms with Crippen molar-refractivity contribution >= 4 is 11.6 Å². The molecule has 0 aromatic heterocycles. The first-order chi connectivity index (χ1) is 9.56. The van der Waals surface area contributed by atoms with E-state index in [4.69, 9.17) is 5.73 Å². The van der Waals surface area contributed by atoms with Gasteiger partial charge in [-0.2, -0.15) is 0 Å². The molecule has 0 bridgehead atoms. The van der Waals surface area contributed by atoms with Crippen molar-refractivity contribution in [3.8, 4) is 0 Å². The zero-order chi connectivity index (χ0) is 14.5. The Morgan fingerprint density at radius 2 is 1.90 bits per heavy atom. The van der Waals surface area contributed by atoms with E-state index in [1.54, 1.807) is 0 Å². The number of rotatable bonds is 4. The summed E-state index contributed by atoms with van der Waals surface area (Å²) in [5, 5.41) is 3.14. The molecule has 1 aliphatic carbocycles. The number of hydrogen-bond acceptors (Lipinski definition) is 2. The highest BCUT2D eigenvalue weighted by molar-refractivity contribution is 5.83. The van der Waals surface area contributed by atoms with Gasteiger partial charge in [0.05, 0.1) is 0 Å². The van der Waals surface area contributed by atoms with E-state index in [1.807, 2.05) is 13.0 Å². The lowest BCUT2D eigenvalue weighted by Crippen LogP contribution is -2.41. The molecule has 20 heavy (non-hydrogen) atoms. The molecule has 1 atom stereocenters. The highest BCUT2D eigenvalue weighted by atomic mass is 19.1. The van der Waals surface area contributed by atoms with Crippen LogP contribution < -0.4 is 11.1 Å². The Balaban J connectivity index is 2.13. The average molecular weight is 278 g/mol. The minimum atomic E-state index is -0.408. The highest BCUT2D eigenvalue weighted by Gasteiger charge is 2.27. The molecule has 1 saturated carbocycles. The molecule has 1 aromatic carbocycles. The van der Waals surface area contributed by atoms with E-state index in [0.29, 0.717) is 5.69 Å². The molecule has 0 saturated heterocycles. The van der Waals surface area contributed by atoms with Crippen LogP contribution >= 0.6 is 0 Å². The van der Waals surface area contributed by atoms with Gasteiger partial charge in [0.1, 0.15) is 11.9 Å². The zero-order valence-electron chi connectivity index (χ0n) is 12.0. The van der Waals surface area contributed by atoms with Gasteiger partial charge in [0, 0.05) is 5.69 Å². The fourth-order valence-corrected chi connectivity index (χ4v) is 3.06. The van der Waals surface area contributed by atoms with Gasteiger partial charge in [0.15, 0.2) is 0 Å². The van der Waals surface area contributed by atoms with Crippen LogP contribution in [0.3, 0.4) is 0 Å². The predicted octanol–water partition coefficient (Wildman–Crippen LogP) is 3.37. The van der Waals surface area contributed by atoms with Gasteiger partial charge in [-0.3, -0.25) is 4.79 Å². The fourth-order valence-electron chi connectivity index (χ4n) is 3.06. The molecule has 1 amide bonds. The largest absolute Gasteiger partial charge is 0.373 e. The molecule has 2 rings (SSSR count). The molecule has 1 aliphatic rings. The maximum Gasteiger partial charge on any atom is 0.240 e. The molecule has 4 heteroatoms. The summed E-state index contributed by atoms with van der Waals surface area (Å²) in [5.41, 5.74) is 7.01. The molecular formula is C16H23FN2O. The van der Waals surface area contributed by atoms with Crippen LogP contribution in [0.25, 0.3) is 0 Å².